The number of hydrogen-bond donors (Lipinski definition) is 2. The van der Waals surface area contributed by atoms with E-state index in [1.165, 1.54) is 6.92 Å². The van der Waals surface area contributed by atoms with E-state index in [4.69, 9.17) is 14.6 Å². The molecule has 0 saturated carbocycles. The number of Topliss-reactive ketones (excluding diaryl/α,β-unsaturated/α-hetero) is 1. The highest BCUT2D eigenvalue weighted by Crippen LogP contribution is 2.33. The van der Waals surface area contributed by atoms with Crippen molar-refractivity contribution in [1.29, 1.82) is 0 Å². The van der Waals surface area contributed by atoms with Gasteiger partial charge in [-0.2, -0.15) is 0 Å². The second-order valence-corrected chi connectivity index (χ2v) is 4.17. The predicted molar refractivity (Wildman–Crippen MR) is 66.2 cm³/mol. The zero-order valence-corrected chi connectivity index (χ0v) is 10.5. The topological polar surface area (TPSA) is 84.9 Å². The van der Waals surface area contributed by atoms with Gasteiger partial charge in [0.1, 0.15) is 0 Å². The highest BCUT2D eigenvalue weighted by molar-refractivity contribution is 6.10. The molecular weight excluding hydrogens is 250 g/mol. The van der Waals surface area contributed by atoms with E-state index >= 15 is 0 Å². The molecule has 1 aliphatic rings. The maximum atomic E-state index is 12.1. The van der Waals surface area contributed by atoms with Gasteiger partial charge in [0.15, 0.2) is 17.3 Å². The number of amides is 1. The summed E-state index contributed by atoms with van der Waals surface area (Å²) in [4.78, 5) is 23.8. The van der Waals surface area contributed by atoms with E-state index in [0.29, 0.717) is 17.1 Å². The van der Waals surface area contributed by atoms with Gasteiger partial charge in [0.05, 0.1) is 12.5 Å². The number of fused-ring (bicyclic) bond motifs is 1. The van der Waals surface area contributed by atoms with Crippen LogP contribution in [0.5, 0.6) is 11.5 Å². The molecule has 6 nitrogen and oxygen atoms in total. The fourth-order valence-corrected chi connectivity index (χ4v) is 1.75. The number of ketones is 1. The average molecular weight is 265 g/mol. The van der Waals surface area contributed by atoms with Crippen LogP contribution in [0, 0.1) is 5.92 Å². The van der Waals surface area contributed by atoms with Crippen LogP contribution in [0.1, 0.15) is 17.3 Å². The molecular formula is C13H15NO5. The first-order chi connectivity index (χ1) is 9.13. The molecule has 1 heterocycles. The Hall–Kier alpha value is -2.08. The largest absolute Gasteiger partial charge is 0.454 e. The van der Waals surface area contributed by atoms with Gasteiger partial charge in [-0.3, -0.25) is 9.59 Å². The van der Waals surface area contributed by atoms with Crippen LogP contribution in [-0.4, -0.2) is 36.7 Å². The molecule has 2 rings (SSSR count). The number of aliphatic hydroxyl groups is 1. The summed E-state index contributed by atoms with van der Waals surface area (Å²) < 4.78 is 10.3. The van der Waals surface area contributed by atoms with Gasteiger partial charge in [-0.1, -0.05) is 0 Å². The smallest absolute Gasteiger partial charge is 0.231 e. The fraction of sp³-hybridized carbons (Fsp3) is 0.385. The third-order valence-electron chi connectivity index (χ3n) is 2.85. The lowest BCUT2D eigenvalue weighted by atomic mass is 9.98. The van der Waals surface area contributed by atoms with E-state index in [1.54, 1.807) is 18.2 Å². The Bertz CT molecular complexity index is 500. The monoisotopic (exact) mass is 265 g/mol. The summed E-state index contributed by atoms with van der Waals surface area (Å²) in [7, 11) is 0. The number of carbonyl (C=O) groups excluding carboxylic acids is 2. The Balaban J connectivity index is 2.08. The highest BCUT2D eigenvalue weighted by Gasteiger charge is 2.24. The molecule has 2 N–H and O–H groups in total. The molecule has 1 aromatic carbocycles. The second kappa shape index (κ2) is 5.71. The molecule has 1 atom stereocenters. The van der Waals surface area contributed by atoms with Crippen LogP contribution < -0.4 is 14.8 Å². The molecule has 1 amide bonds. The maximum absolute atomic E-state index is 12.1. The molecule has 19 heavy (non-hydrogen) atoms. The van der Waals surface area contributed by atoms with Crippen molar-refractivity contribution >= 4 is 11.7 Å². The van der Waals surface area contributed by atoms with Crippen LogP contribution in [-0.2, 0) is 4.79 Å². The number of ether oxygens (including phenoxy) is 2. The van der Waals surface area contributed by atoms with Gasteiger partial charge in [-0.15, -0.1) is 0 Å². The van der Waals surface area contributed by atoms with E-state index in [1.807, 2.05) is 0 Å². The third kappa shape index (κ3) is 2.85. The summed E-state index contributed by atoms with van der Waals surface area (Å²) in [6, 6.07) is 4.82. The fourth-order valence-electron chi connectivity index (χ4n) is 1.75. The van der Waals surface area contributed by atoms with E-state index < -0.39 is 11.8 Å². The Kier molecular flexibility index (Phi) is 4.01. The van der Waals surface area contributed by atoms with Gasteiger partial charge < -0.3 is 19.9 Å². The Morgan fingerprint density at radius 1 is 1.37 bits per heavy atom. The van der Waals surface area contributed by atoms with Crippen molar-refractivity contribution < 1.29 is 24.2 Å². The van der Waals surface area contributed by atoms with Crippen molar-refractivity contribution in [1.82, 2.24) is 5.32 Å². The Morgan fingerprint density at radius 3 is 2.84 bits per heavy atom. The van der Waals surface area contributed by atoms with Crippen LogP contribution in [0.15, 0.2) is 18.2 Å². The maximum Gasteiger partial charge on any atom is 0.231 e. The lowest BCUT2D eigenvalue weighted by Gasteiger charge is -2.11. The average Bonchev–Trinajstić information content (AvgIpc) is 2.90. The van der Waals surface area contributed by atoms with Crippen molar-refractivity contribution in [3.8, 4) is 11.5 Å². The molecule has 0 aromatic heterocycles. The van der Waals surface area contributed by atoms with Crippen LogP contribution in [0.2, 0.25) is 0 Å². The van der Waals surface area contributed by atoms with Gasteiger partial charge in [-0.05, 0) is 25.1 Å². The van der Waals surface area contributed by atoms with Gasteiger partial charge in [0.25, 0.3) is 0 Å². The molecule has 0 spiro atoms. The number of rotatable bonds is 5. The molecule has 6 heteroatoms. The minimum atomic E-state index is -0.813. The minimum Gasteiger partial charge on any atom is -0.454 e. The van der Waals surface area contributed by atoms with Gasteiger partial charge in [0, 0.05) is 12.1 Å². The Morgan fingerprint density at radius 2 is 2.11 bits per heavy atom. The van der Waals surface area contributed by atoms with E-state index in [0.717, 1.165) is 0 Å². The van der Waals surface area contributed by atoms with Crippen LogP contribution >= 0.6 is 0 Å². The predicted octanol–water partition coefficient (Wildman–Crippen LogP) is 0.343. The molecule has 102 valence electrons. The van der Waals surface area contributed by atoms with Crippen molar-refractivity contribution in [2.75, 3.05) is 19.9 Å². The van der Waals surface area contributed by atoms with Gasteiger partial charge >= 0.3 is 0 Å². The zero-order valence-electron chi connectivity index (χ0n) is 10.5. The van der Waals surface area contributed by atoms with Gasteiger partial charge in [-0.25, -0.2) is 0 Å². The van der Waals surface area contributed by atoms with Crippen molar-refractivity contribution in [2.45, 2.75) is 6.92 Å². The summed E-state index contributed by atoms with van der Waals surface area (Å²) in [5.74, 6) is -0.417. The van der Waals surface area contributed by atoms with E-state index in [-0.39, 0.29) is 25.7 Å². The lowest BCUT2D eigenvalue weighted by Crippen LogP contribution is -2.35. The first kappa shape index (κ1) is 13.4. The first-order valence-electron chi connectivity index (χ1n) is 5.96. The lowest BCUT2D eigenvalue weighted by molar-refractivity contribution is -0.123. The zero-order chi connectivity index (χ0) is 13.8. The summed E-state index contributed by atoms with van der Waals surface area (Å²) >= 11 is 0. The molecule has 0 aliphatic carbocycles. The number of benzene rings is 1. The number of carbonyl (C=O) groups is 2. The van der Waals surface area contributed by atoms with Crippen LogP contribution in [0.4, 0.5) is 0 Å². The third-order valence-corrected chi connectivity index (χ3v) is 2.85. The number of nitrogens with one attached hydrogen (secondary N) is 1. The standard InChI is InChI=1S/C13H15NO5/c1-8(13(17)14-4-5-15)12(16)9-2-3-10-11(6-9)19-7-18-10/h2-3,6,8,15H,4-5,7H2,1H3,(H,14,17). The molecule has 1 aliphatic heterocycles. The van der Waals surface area contributed by atoms with Crippen LogP contribution in [0.25, 0.3) is 0 Å². The number of aliphatic hydroxyl groups excluding tert-OH is 1. The first-order valence-corrected chi connectivity index (χ1v) is 5.96. The summed E-state index contributed by atoms with van der Waals surface area (Å²) in [6.07, 6.45) is 0. The van der Waals surface area contributed by atoms with Crippen molar-refractivity contribution in [2.24, 2.45) is 5.92 Å². The summed E-state index contributed by atoms with van der Waals surface area (Å²) in [5.41, 5.74) is 0.399. The molecule has 1 unspecified atom stereocenters. The molecule has 0 bridgehead atoms. The molecule has 1 aromatic rings. The normalized spacial score (nSPS) is 14.0. The summed E-state index contributed by atoms with van der Waals surface area (Å²) in [6.45, 7) is 1.65. The van der Waals surface area contributed by atoms with Crippen molar-refractivity contribution in [3.63, 3.8) is 0 Å². The second-order valence-electron chi connectivity index (χ2n) is 4.17. The van der Waals surface area contributed by atoms with Crippen molar-refractivity contribution in [3.05, 3.63) is 23.8 Å². The summed E-state index contributed by atoms with van der Waals surface area (Å²) in [5, 5.41) is 11.1. The van der Waals surface area contributed by atoms with Crippen LogP contribution in [0.3, 0.4) is 0 Å². The Labute approximate surface area is 110 Å². The van der Waals surface area contributed by atoms with Gasteiger partial charge in [0.2, 0.25) is 12.7 Å². The SMILES string of the molecule is CC(C(=O)NCCO)C(=O)c1ccc2c(c1)OCO2. The molecule has 0 saturated heterocycles. The molecule has 0 fully saturated rings. The molecule has 0 radical (unpaired) electrons. The minimum absolute atomic E-state index is 0.137. The number of hydrogen-bond acceptors (Lipinski definition) is 5. The van der Waals surface area contributed by atoms with E-state index in [2.05, 4.69) is 5.32 Å². The van der Waals surface area contributed by atoms with E-state index in [9.17, 15) is 9.59 Å². The highest BCUT2D eigenvalue weighted by atomic mass is 16.7. The quantitative estimate of drug-likeness (QED) is 0.592.